The van der Waals surface area contributed by atoms with Crippen LogP contribution in [0.1, 0.15) is 12.8 Å². The molecule has 0 N–H and O–H groups in total. The first-order chi connectivity index (χ1) is 3.39. The molecule has 0 atom stereocenters. The van der Waals surface area contributed by atoms with Gasteiger partial charge in [0.2, 0.25) is 0 Å². The molecule has 1 aliphatic rings. The quantitative estimate of drug-likeness (QED) is 0.430. The predicted molar refractivity (Wildman–Crippen MR) is 35.2 cm³/mol. The van der Waals surface area contributed by atoms with Crippen LogP contribution in [-0.4, -0.2) is 17.6 Å². The summed E-state index contributed by atoms with van der Waals surface area (Å²) in [6.45, 7) is 0.916. The lowest BCUT2D eigenvalue weighted by Crippen LogP contribution is -2.03. The molecule has 0 saturated carbocycles. The van der Waals surface area contributed by atoms with Crippen molar-refractivity contribution >= 4 is 23.3 Å². The molecule has 1 nitrogen and oxygen atoms in total. The summed E-state index contributed by atoms with van der Waals surface area (Å²) in [5, 5.41) is 0. The molecule has 1 rings (SSSR count). The van der Waals surface area contributed by atoms with Gasteiger partial charge in [0.15, 0.2) is 0 Å². The van der Waals surface area contributed by atoms with Crippen molar-refractivity contribution in [1.29, 1.82) is 0 Å². The summed E-state index contributed by atoms with van der Waals surface area (Å²) in [5.74, 6) is 0. The van der Waals surface area contributed by atoms with Gasteiger partial charge in [-0.1, -0.05) is 12.2 Å². The lowest BCUT2D eigenvalue weighted by atomic mass is 10.2. The molecular weight excluding hydrogens is 106 g/mol. The summed E-state index contributed by atoms with van der Waals surface area (Å²) in [6, 6.07) is 0. The zero-order valence-corrected chi connectivity index (χ0v) is 4.87. The van der Waals surface area contributed by atoms with Crippen LogP contribution in [0.15, 0.2) is 4.99 Å². The summed E-state index contributed by atoms with van der Waals surface area (Å²) in [6.07, 6.45) is 3.84. The van der Waals surface area contributed by atoms with Crippen molar-refractivity contribution in [3.05, 3.63) is 0 Å². The highest BCUT2D eigenvalue weighted by Gasteiger charge is 1.96. The third-order valence-corrected chi connectivity index (χ3v) is 1.34. The van der Waals surface area contributed by atoms with Crippen molar-refractivity contribution in [1.82, 2.24) is 0 Å². The van der Waals surface area contributed by atoms with E-state index in [1.165, 1.54) is 0 Å². The predicted octanol–water partition coefficient (Wildman–Crippen LogP) is 1.22. The van der Waals surface area contributed by atoms with Gasteiger partial charge in [0.25, 0.3) is 0 Å². The van der Waals surface area contributed by atoms with Crippen molar-refractivity contribution in [3.63, 3.8) is 0 Å². The number of hydrogen-bond acceptors (Lipinski definition) is 2. The summed E-state index contributed by atoms with van der Waals surface area (Å²) < 4.78 is 0. The Bertz CT molecular complexity index is 107. The van der Waals surface area contributed by atoms with E-state index in [9.17, 15) is 0 Å². The first-order valence-electron chi connectivity index (χ1n) is 2.39. The topological polar surface area (TPSA) is 12.4 Å². The van der Waals surface area contributed by atoms with Crippen molar-refractivity contribution in [2.75, 3.05) is 6.54 Å². The van der Waals surface area contributed by atoms with Crippen molar-refractivity contribution < 1.29 is 0 Å². The molecule has 1 heterocycles. The number of hydrogen-bond donors (Lipinski definition) is 0. The average molecular weight is 113 g/mol. The molecule has 0 radical (unpaired) electrons. The van der Waals surface area contributed by atoms with Gasteiger partial charge in [0.1, 0.15) is 0 Å². The van der Waals surface area contributed by atoms with E-state index < -0.39 is 0 Å². The minimum atomic E-state index is 0.916. The lowest BCUT2D eigenvalue weighted by molar-refractivity contribution is 1.02. The largest absolute Gasteiger partial charge is 0.297 e. The van der Waals surface area contributed by atoms with Gasteiger partial charge in [-0.3, -0.25) is 4.99 Å². The third-order valence-electron chi connectivity index (χ3n) is 0.968. The van der Waals surface area contributed by atoms with Crippen molar-refractivity contribution in [2.24, 2.45) is 4.99 Å². The van der Waals surface area contributed by atoms with E-state index in [1.54, 1.807) is 0 Å². The molecule has 0 aromatic carbocycles. The number of thiocarbonyl (C=S) groups is 1. The molecule has 0 spiro atoms. The maximum atomic E-state index is 4.91. The molecule has 0 aliphatic carbocycles. The molecule has 2 heteroatoms. The standard InChI is InChI=1S/C5H7NS/c7-5-1-3-6-4-2-5/h3H,1-2,4H2. The van der Waals surface area contributed by atoms with E-state index in [1.807, 2.05) is 6.21 Å². The van der Waals surface area contributed by atoms with Gasteiger partial charge in [-0.2, -0.15) is 0 Å². The van der Waals surface area contributed by atoms with Gasteiger partial charge in [-0.15, -0.1) is 0 Å². The van der Waals surface area contributed by atoms with E-state index in [2.05, 4.69) is 4.99 Å². The summed E-state index contributed by atoms with van der Waals surface area (Å²) in [7, 11) is 0. The van der Waals surface area contributed by atoms with E-state index in [0.717, 1.165) is 24.3 Å². The summed E-state index contributed by atoms with van der Waals surface area (Å²) >= 11 is 4.91. The first kappa shape index (κ1) is 4.91. The fourth-order valence-electron chi connectivity index (χ4n) is 0.549. The van der Waals surface area contributed by atoms with Crippen LogP contribution in [0.4, 0.5) is 0 Å². The number of rotatable bonds is 0. The second-order valence-corrected chi connectivity index (χ2v) is 2.16. The van der Waals surface area contributed by atoms with E-state index in [4.69, 9.17) is 12.2 Å². The molecular formula is C5H7NS. The van der Waals surface area contributed by atoms with Gasteiger partial charge in [-0.05, 0) is 11.3 Å². The fraction of sp³-hybridized carbons (Fsp3) is 0.600. The van der Waals surface area contributed by atoms with Gasteiger partial charge in [-0.25, -0.2) is 0 Å². The van der Waals surface area contributed by atoms with Crippen molar-refractivity contribution in [2.45, 2.75) is 12.8 Å². The SMILES string of the molecule is S=C1CC=NCC1. The Morgan fingerprint density at radius 1 is 1.71 bits per heavy atom. The summed E-state index contributed by atoms with van der Waals surface area (Å²) in [4.78, 5) is 5.16. The van der Waals surface area contributed by atoms with Crippen LogP contribution in [0.2, 0.25) is 0 Å². The monoisotopic (exact) mass is 113 g/mol. The Morgan fingerprint density at radius 2 is 2.57 bits per heavy atom. The highest BCUT2D eigenvalue weighted by atomic mass is 32.1. The maximum Gasteiger partial charge on any atom is 0.0431 e. The Hall–Kier alpha value is -0.240. The molecule has 38 valence electrons. The zero-order valence-electron chi connectivity index (χ0n) is 4.05. The van der Waals surface area contributed by atoms with E-state index >= 15 is 0 Å². The first-order valence-corrected chi connectivity index (χ1v) is 2.80. The molecule has 0 amide bonds. The average Bonchev–Trinajstić information content (AvgIpc) is 1.69. The Labute approximate surface area is 48.4 Å². The molecule has 0 fully saturated rings. The van der Waals surface area contributed by atoms with E-state index in [-0.39, 0.29) is 0 Å². The molecule has 1 aliphatic heterocycles. The van der Waals surface area contributed by atoms with Crippen LogP contribution >= 0.6 is 12.2 Å². The number of aliphatic imine (C=N–C) groups is 1. The zero-order chi connectivity index (χ0) is 5.11. The van der Waals surface area contributed by atoms with Gasteiger partial charge >= 0.3 is 0 Å². The van der Waals surface area contributed by atoms with Crippen molar-refractivity contribution in [3.8, 4) is 0 Å². The van der Waals surface area contributed by atoms with Gasteiger partial charge < -0.3 is 0 Å². The fourth-order valence-corrected chi connectivity index (χ4v) is 0.715. The van der Waals surface area contributed by atoms with Crippen LogP contribution in [0.5, 0.6) is 0 Å². The van der Waals surface area contributed by atoms with Crippen LogP contribution < -0.4 is 0 Å². The smallest absolute Gasteiger partial charge is 0.0431 e. The van der Waals surface area contributed by atoms with Crippen LogP contribution in [0.25, 0.3) is 0 Å². The second-order valence-electron chi connectivity index (χ2n) is 1.58. The van der Waals surface area contributed by atoms with Gasteiger partial charge in [0.05, 0.1) is 0 Å². The summed E-state index contributed by atoms with van der Waals surface area (Å²) in [5.41, 5.74) is 0. The highest BCUT2D eigenvalue weighted by molar-refractivity contribution is 7.80. The molecule has 7 heavy (non-hydrogen) atoms. The Kier molecular flexibility index (Phi) is 1.52. The third kappa shape index (κ3) is 1.35. The lowest BCUT2D eigenvalue weighted by Gasteiger charge is -2.00. The normalized spacial score (nSPS) is 20.3. The second kappa shape index (κ2) is 2.17. The molecule has 0 aromatic heterocycles. The minimum absolute atomic E-state index is 0.916. The molecule has 0 aromatic rings. The maximum absolute atomic E-state index is 4.91. The minimum Gasteiger partial charge on any atom is -0.297 e. The van der Waals surface area contributed by atoms with Gasteiger partial charge in [0, 0.05) is 19.2 Å². The molecule has 0 unspecified atom stereocenters. The van der Waals surface area contributed by atoms with Crippen LogP contribution in [0, 0.1) is 0 Å². The molecule has 0 saturated heterocycles. The molecule has 0 bridgehead atoms. The van der Waals surface area contributed by atoms with Crippen LogP contribution in [-0.2, 0) is 0 Å². The highest BCUT2D eigenvalue weighted by Crippen LogP contribution is 1.96. The van der Waals surface area contributed by atoms with E-state index in [0.29, 0.717) is 0 Å². The number of nitrogens with zero attached hydrogens (tertiary/aromatic N) is 1. The van der Waals surface area contributed by atoms with Crippen LogP contribution in [0.3, 0.4) is 0 Å². The Balaban J connectivity index is 2.47. The Morgan fingerprint density at radius 3 is 2.86 bits per heavy atom.